The molecule has 2 N–H and O–H groups in total. The van der Waals surface area contributed by atoms with Crippen molar-refractivity contribution in [2.75, 3.05) is 11.5 Å². The molecule has 2 aromatic rings. The van der Waals surface area contributed by atoms with Gasteiger partial charge in [-0.1, -0.05) is 30.3 Å². The van der Waals surface area contributed by atoms with Gasteiger partial charge in [-0.15, -0.1) is 16.9 Å². The second-order valence-electron chi connectivity index (χ2n) is 7.88. The molecule has 4 rings (SSSR count). The Morgan fingerprint density at radius 3 is 2.68 bits per heavy atom. The van der Waals surface area contributed by atoms with Crippen LogP contribution in [0.2, 0.25) is 5.02 Å². The number of β-lactam (4-membered cyclic amide) rings is 1. The van der Waals surface area contributed by atoms with Crippen LogP contribution >= 0.6 is 35.1 Å². The Balaban J connectivity index is 1.49. The number of tetrazole rings is 1. The minimum absolute atomic E-state index is 0.0424. The number of fused-ring (bicyclic) bond motifs is 1. The van der Waals surface area contributed by atoms with Crippen LogP contribution in [0.15, 0.2) is 16.4 Å². The highest BCUT2D eigenvalue weighted by Crippen LogP contribution is 2.41. The highest BCUT2D eigenvalue weighted by molar-refractivity contribution is 8.01. The largest absolute Gasteiger partial charge is 0.477 e. The van der Waals surface area contributed by atoms with Crippen LogP contribution in [0.3, 0.4) is 0 Å². The van der Waals surface area contributed by atoms with E-state index in [4.69, 9.17) is 11.6 Å². The number of carboxylic acids is 1. The molecular formula is C19H23ClN8O4S2. The van der Waals surface area contributed by atoms with Crippen molar-refractivity contribution in [3.63, 3.8) is 0 Å². The quantitative estimate of drug-likeness (QED) is 0.379. The molecule has 4 heterocycles. The zero-order valence-electron chi connectivity index (χ0n) is 18.9. The van der Waals surface area contributed by atoms with Gasteiger partial charge in [0.25, 0.3) is 5.91 Å². The number of aromatic nitrogens is 6. The molecule has 0 aliphatic carbocycles. The molecule has 182 valence electrons. The van der Waals surface area contributed by atoms with Crippen LogP contribution in [0.25, 0.3) is 0 Å². The lowest BCUT2D eigenvalue weighted by atomic mass is 10.0. The number of aliphatic carboxylic acids is 1. The second-order valence-corrected chi connectivity index (χ2v) is 10.3. The number of halogens is 1. The number of aryl methyl sites for hydroxylation is 2. The van der Waals surface area contributed by atoms with Crippen molar-refractivity contribution in [3.05, 3.63) is 27.7 Å². The third-order valence-electron chi connectivity index (χ3n) is 5.73. The Morgan fingerprint density at radius 1 is 1.38 bits per heavy atom. The minimum atomic E-state index is -1.18. The molecule has 0 saturated carbocycles. The van der Waals surface area contributed by atoms with Crippen molar-refractivity contribution in [3.8, 4) is 0 Å². The number of hydrogen-bond acceptors (Lipinski definition) is 9. The summed E-state index contributed by atoms with van der Waals surface area (Å²) in [6, 6.07) is -1.45. The average Bonchev–Trinajstić information content (AvgIpc) is 3.33. The van der Waals surface area contributed by atoms with Crippen LogP contribution in [0.4, 0.5) is 0 Å². The smallest absolute Gasteiger partial charge is 0.352 e. The number of carbonyl (C=O) groups excluding carboxylic acids is 2. The van der Waals surface area contributed by atoms with Gasteiger partial charge in [-0.2, -0.15) is 5.10 Å². The number of thioether (sulfide) groups is 2. The molecule has 0 unspecified atom stereocenters. The summed E-state index contributed by atoms with van der Waals surface area (Å²) < 4.78 is 3.06. The highest BCUT2D eigenvalue weighted by Gasteiger charge is 2.54. The average molecular weight is 527 g/mol. The summed E-state index contributed by atoms with van der Waals surface area (Å²) in [6.07, 6.45) is 0.450. The molecule has 2 aliphatic heterocycles. The van der Waals surface area contributed by atoms with Crippen molar-refractivity contribution < 1.29 is 19.5 Å². The predicted molar refractivity (Wildman–Crippen MR) is 125 cm³/mol. The standard InChI is InChI=1S/C19H23ClN8O4S2/c1-5-11(28-9(3)12(20)8(2)23-28)15(29)21-13-16(30)27-14(18(31)32)10(6-33-17(13)27)7-34-19-22-24-25-26(19)4/h11,13,17H,5-7H2,1-4H3,(H,21,29)(H,31,32)/t11-,13+,17+/m0/s1. The Labute approximate surface area is 208 Å². The van der Waals surface area contributed by atoms with Gasteiger partial charge in [0.2, 0.25) is 11.1 Å². The normalized spacial score (nSPS) is 20.7. The van der Waals surface area contributed by atoms with E-state index >= 15 is 0 Å². The molecule has 34 heavy (non-hydrogen) atoms. The second kappa shape index (κ2) is 9.58. The van der Waals surface area contributed by atoms with E-state index in [-0.39, 0.29) is 11.6 Å². The molecule has 3 atom stereocenters. The summed E-state index contributed by atoms with van der Waals surface area (Å²) in [7, 11) is 1.69. The molecule has 0 bridgehead atoms. The summed E-state index contributed by atoms with van der Waals surface area (Å²) in [4.78, 5) is 39.3. The molecule has 2 aliphatic rings. The van der Waals surface area contributed by atoms with Crippen LogP contribution in [0.1, 0.15) is 30.8 Å². The maximum Gasteiger partial charge on any atom is 0.352 e. The number of rotatable bonds is 8. The van der Waals surface area contributed by atoms with E-state index in [1.54, 1.807) is 25.6 Å². The number of nitrogens with one attached hydrogen (secondary N) is 1. The Morgan fingerprint density at radius 2 is 2.12 bits per heavy atom. The lowest BCUT2D eigenvalue weighted by molar-refractivity contribution is -0.151. The van der Waals surface area contributed by atoms with Gasteiger partial charge in [-0.05, 0) is 36.3 Å². The van der Waals surface area contributed by atoms with E-state index in [1.807, 2.05) is 6.92 Å². The fourth-order valence-corrected chi connectivity index (χ4v) is 6.41. The number of hydrogen-bond donors (Lipinski definition) is 2. The fraction of sp³-hybridized carbons (Fsp3) is 0.526. The summed E-state index contributed by atoms with van der Waals surface area (Å²) >= 11 is 8.95. The zero-order valence-corrected chi connectivity index (χ0v) is 21.2. The number of carboxylic acid groups (broad SMARTS) is 1. The lowest BCUT2D eigenvalue weighted by Crippen LogP contribution is -2.71. The molecule has 0 radical (unpaired) electrons. The van der Waals surface area contributed by atoms with Gasteiger partial charge in [0, 0.05) is 18.6 Å². The Kier molecular flexibility index (Phi) is 6.92. The summed E-state index contributed by atoms with van der Waals surface area (Å²) in [6.45, 7) is 5.39. The number of amides is 2. The molecule has 15 heteroatoms. The van der Waals surface area contributed by atoms with Crippen molar-refractivity contribution in [1.29, 1.82) is 0 Å². The van der Waals surface area contributed by atoms with Gasteiger partial charge < -0.3 is 10.4 Å². The number of carbonyl (C=O) groups is 3. The molecule has 1 fully saturated rings. The van der Waals surface area contributed by atoms with Crippen LogP contribution in [0, 0.1) is 13.8 Å². The van der Waals surface area contributed by atoms with Crippen LogP contribution in [-0.2, 0) is 21.4 Å². The van der Waals surface area contributed by atoms with E-state index in [0.717, 1.165) is 0 Å². The third kappa shape index (κ3) is 4.18. The Bertz CT molecular complexity index is 1200. The van der Waals surface area contributed by atoms with Gasteiger partial charge >= 0.3 is 5.97 Å². The van der Waals surface area contributed by atoms with Crippen LogP contribution in [-0.4, -0.2) is 80.7 Å². The van der Waals surface area contributed by atoms with Crippen molar-refractivity contribution >= 4 is 52.9 Å². The van der Waals surface area contributed by atoms with E-state index in [9.17, 15) is 19.5 Å². The van der Waals surface area contributed by atoms with E-state index in [1.165, 1.54) is 33.1 Å². The molecule has 0 aromatic carbocycles. The van der Waals surface area contributed by atoms with Gasteiger partial charge in [0.15, 0.2) is 0 Å². The van der Waals surface area contributed by atoms with Gasteiger partial charge in [0.1, 0.15) is 23.2 Å². The van der Waals surface area contributed by atoms with Crippen molar-refractivity contribution in [1.82, 2.24) is 40.2 Å². The summed E-state index contributed by atoms with van der Waals surface area (Å²) in [5, 5.41) is 28.8. The monoisotopic (exact) mass is 526 g/mol. The van der Waals surface area contributed by atoms with Crippen molar-refractivity contribution in [2.45, 2.75) is 49.8 Å². The SMILES string of the molecule is CC[C@@H](C(=O)N[C@@H]1C(=O)N2C(C(=O)O)=C(CSc3nnnn3C)CS[C@H]12)n1nc(C)c(Cl)c1C. The lowest BCUT2D eigenvalue weighted by Gasteiger charge is -2.49. The maximum absolute atomic E-state index is 13.1. The molecule has 12 nitrogen and oxygen atoms in total. The highest BCUT2D eigenvalue weighted by atomic mass is 35.5. The zero-order chi connectivity index (χ0) is 24.7. The first kappa shape index (κ1) is 24.5. The third-order valence-corrected chi connectivity index (χ3v) is 8.71. The number of nitrogens with zero attached hydrogens (tertiary/aromatic N) is 7. The first-order valence-corrected chi connectivity index (χ1v) is 12.8. The van der Waals surface area contributed by atoms with Crippen LogP contribution in [0.5, 0.6) is 0 Å². The minimum Gasteiger partial charge on any atom is -0.477 e. The summed E-state index contributed by atoms with van der Waals surface area (Å²) in [5.41, 5.74) is 1.85. The van der Waals surface area contributed by atoms with Gasteiger partial charge in [-0.3, -0.25) is 19.2 Å². The van der Waals surface area contributed by atoms with E-state index in [2.05, 4.69) is 25.9 Å². The van der Waals surface area contributed by atoms with E-state index < -0.39 is 29.3 Å². The first-order chi connectivity index (χ1) is 16.1. The van der Waals surface area contributed by atoms with Gasteiger partial charge in [0.05, 0.1) is 16.4 Å². The van der Waals surface area contributed by atoms with Gasteiger partial charge in [-0.25, -0.2) is 9.48 Å². The molecular weight excluding hydrogens is 504 g/mol. The fourth-order valence-electron chi connectivity index (χ4n) is 3.95. The molecule has 2 aromatic heterocycles. The van der Waals surface area contributed by atoms with Crippen molar-refractivity contribution in [2.24, 2.45) is 7.05 Å². The predicted octanol–water partition coefficient (Wildman–Crippen LogP) is 1.16. The van der Waals surface area contributed by atoms with E-state index in [0.29, 0.717) is 45.1 Å². The molecule has 0 spiro atoms. The maximum atomic E-state index is 13.1. The Hall–Kier alpha value is -2.58. The van der Waals surface area contributed by atoms with Crippen LogP contribution < -0.4 is 5.32 Å². The molecule has 1 saturated heterocycles. The first-order valence-electron chi connectivity index (χ1n) is 10.4. The topological polar surface area (TPSA) is 148 Å². The molecule has 2 amide bonds. The summed E-state index contributed by atoms with van der Waals surface area (Å²) in [5.74, 6) is -1.26.